The van der Waals surface area contributed by atoms with E-state index < -0.39 is 31.4 Å². The number of quaternary nitrogens is 1. The van der Waals surface area contributed by atoms with E-state index in [4.69, 9.17) is 24.2 Å². The van der Waals surface area contributed by atoms with Crippen LogP contribution in [0.5, 0.6) is 0 Å². The normalized spacial score (nSPS) is 15.8. The van der Waals surface area contributed by atoms with Crippen molar-refractivity contribution in [2.75, 3.05) is 40.5 Å². The van der Waals surface area contributed by atoms with Crippen LogP contribution in [-0.2, 0) is 18.6 Å². The van der Waals surface area contributed by atoms with Crippen molar-refractivity contribution in [2.45, 2.75) is 168 Å². The van der Waals surface area contributed by atoms with E-state index in [0.29, 0.717) is 13.2 Å². The van der Waals surface area contributed by atoms with Gasteiger partial charge in [-0.15, -0.1) is 0 Å². The molecule has 3 atom stereocenters. The van der Waals surface area contributed by atoms with Crippen LogP contribution in [0.25, 0.3) is 0 Å². The van der Waals surface area contributed by atoms with Gasteiger partial charge in [-0.25, -0.2) is 0 Å². The first-order valence-electron chi connectivity index (χ1n) is 16.6. The summed E-state index contributed by atoms with van der Waals surface area (Å²) in [5.74, 6) is -0.845. The zero-order chi connectivity index (χ0) is 31.2. The highest BCUT2D eigenvalue weighted by Gasteiger charge is 2.35. The van der Waals surface area contributed by atoms with Crippen molar-refractivity contribution in [2.24, 2.45) is 0 Å². The maximum atomic E-state index is 12.9. The van der Waals surface area contributed by atoms with Gasteiger partial charge in [0.05, 0.1) is 39.5 Å². The summed E-state index contributed by atoms with van der Waals surface area (Å²) in [6.07, 6.45) is 19.4. The molecule has 0 radical (unpaired) electrons. The van der Waals surface area contributed by atoms with Crippen LogP contribution in [0, 0.1) is 0 Å². The van der Waals surface area contributed by atoms with E-state index in [9.17, 15) is 9.46 Å². The Hall–Kier alpha value is -0.0500. The average Bonchev–Trinajstić information content (AvgIpc) is 2.88. The molecule has 41 heavy (non-hydrogen) atoms. The molecule has 0 bridgehead atoms. The van der Waals surface area contributed by atoms with Crippen LogP contribution in [0.15, 0.2) is 0 Å². The number of aliphatic hydroxyl groups is 2. The Morgan fingerprint density at radius 1 is 0.780 bits per heavy atom. The number of hydrogen-bond acceptors (Lipinski definition) is 7. The standard InChI is InChI=1S/C32H68NO7P/c1-8-9-10-11-12-13-14-15-16-17-18-19-20-21-22-23-26-38-27-30(40-32(3,4)5)28-39-41(36,37)29(2)33(6,7)25-24-31(34)35/h29-31,34-35H,8-28H2,1-7H3/t29?,30-/m1/s1. The molecule has 0 rings (SSSR count). The van der Waals surface area contributed by atoms with Gasteiger partial charge in [0.1, 0.15) is 11.9 Å². The van der Waals surface area contributed by atoms with Crippen molar-refractivity contribution in [1.29, 1.82) is 0 Å². The monoisotopic (exact) mass is 609 g/mol. The Morgan fingerprint density at radius 3 is 1.63 bits per heavy atom. The molecular weight excluding hydrogens is 541 g/mol. The maximum absolute atomic E-state index is 12.9. The topological polar surface area (TPSA) is 108 Å². The molecule has 0 aromatic rings. The first-order valence-corrected chi connectivity index (χ1v) is 18.2. The van der Waals surface area contributed by atoms with Gasteiger partial charge in [-0.1, -0.05) is 103 Å². The molecule has 0 aliphatic carbocycles. The van der Waals surface area contributed by atoms with Gasteiger partial charge in [-0.2, -0.15) is 0 Å². The van der Waals surface area contributed by atoms with Gasteiger partial charge in [0.25, 0.3) is 0 Å². The highest BCUT2D eigenvalue weighted by atomic mass is 31.2. The van der Waals surface area contributed by atoms with Gasteiger partial charge >= 0.3 is 0 Å². The van der Waals surface area contributed by atoms with E-state index in [0.717, 1.165) is 12.8 Å². The first kappa shape index (κ1) is 41.0. The molecule has 0 fully saturated rings. The minimum Gasteiger partial charge on any atom is -0.774 e. The molecule has 2 N–H and O–H groups in total. The third-order valence-corrected chi connectivity index (χ3v) is 9.89. The maximum Gasteiger partial charge on any atom is 0.192 e. The van der Waals surface area contributed by atoms with Crippen LogP contribution < -0.4 is 4.89 Å². The molecule has 0 aliphatic rings. The Labute approximate surface area is 253 Å². The Morgan fingerprint density at radius 2 is 1.22 bits per heavy atom. The molecule has 0 saturated carbocycles. The Kier molecular flexibility index (Phi) is 23.3. The van der Waals surface area contributed by atoms with Crippen molar-refractivity contribution >= 4 is 7.60 Å². The smallest absolute Gasteiger partial charge is 0.192 e. The summed E-state index contributed by atoms with van der Waals surface area (Å²) in [5.41, 5.74) is -0.462. The third kappa shape index (κ3) is 24.0. The second kappa shape index (κ2) is 23.3. The SMILES string of the molecule is CCCCCCCCCCCCCCCCCCOC[C@H](COP(=O)([O-])C(C)[N+](C)(C)CCC(O)O)OC(C)(C)C. The van der Waals surface area contributed by atoms with Crippen molar-refractivity contribution in [3.63, 3.8) is 0 Å². The lowest BCUT2D eigenvalue weighted by atomic mass is 10.0. The quantitative estimate of drug-likeness (QED) is 0.0420. The fourth-order valence-electron chi connectivity index (χ4n) is 4.90. The van der Waals surface area contributed by atoms with Crippen LogP contribution in [0.1, 0.15) is 144 Å². The van der Waals surface area contributed by atoms with Gasteiger partial charge in [-0.3, -0.25) is 0 Å². The largest absolute Gasteiger partial charge is 0.774 e. The lowest BCUT2D eigenvalue weighted by Gasteiger charge is -2.42. The van der Waals surface area contributed by atoms with Crippen molar-refractivity contribution in [3.8, 4) is 0 Å². The van der Waals surface area contributed by atoms with Crippen molar-refractivity contribution < 1.29 is 38.2 Å². The molecule has 0 aliphatic heterocycles. The zero-order valence-electron chi connectivity index (χ0n) is 27.9. The van der Waals surface area contributed by atoms with Gasteiger partial charge < -0.3 is 38.2 Å². The zero-order valence-corrected chi connectivity index (χ0v) is 28.8. The molecule has 0 heterocycles. The van der Waals surface area contributed by atoms with Crippen LogP contribution in [-0.4, -0.2) is 78.9 Å². The molecule has 248 valence electrons. The number of aliphatic hydroxyl groups excluding tert-OH is 1. The molecule has 0 aromatic heterocycles. The van der Waals surface area contributed by atoms with Crippen LogP contribution in [0.3, 0.4) is 0 Å². The first-order chi connectivity index (χ1) is 19.2. The molecule has 0 spiro atoms. The predicted octanol–water partition coefficient (Wildman–Crippen LogP) is 7.14. The second-order valence-corrected chi connectivity index (χ2v) is 15.6. The second-order valence-electron chi connectivity index (χ2n) is 13.5. The highest BCUT2D eigenvalue weighted by Crippen LogP contribution is 2.46. The van der Waals surface area contributed by atoms with Crippen LogP contribution in [0.4, 0.5) is 0 Å². The third-order valence-electron chi connectivity index (χ3n) is 7.84. The highest BCUT2D eigenvalue weighted by molar-refractivity contribution is 7.51. The summed E-state index contributed by atoms with van der Waals surface area (Å²) < 4.78 is 30.3. The van der Waals surface area contributed by atoms with Gasteiger partial charge in [0, 0.05) is 13.0 Å². The molecular formula is C32H68NO7P. The molecule has 9 heteroatoms. The predicted molar refractivity (Wildman–Crippen MR) is 168 cm³/mol. The minimum atomic E-state index is -4.24. The fourth-order valence-corrected chi connectivity index (χ4v) is 6.37. The fraction of sp³-hybridized carbons (Fsp3) is 1.00. The lowest BCUT2D eigenvalue weighted by molar-refractivity contribution is -0.902. The number of ether oxygens (including phenoxy) is 2. The van der Waals surface area contributed by atoms with Gasteiger partial charge in [-0.05, 0) is 34.1 Å². The van der Waals surface area contributed by atoms with E-state index in [1.807, 2.05) is 20.8 Å². The van der Waals surface area contributed by atoms with E-state index in [2.05, 4.69) is 6.92 Å². The Balaban J connectivity index is 4.10. The molecule has 2 unspecified atom stereocenters. The van der Waals surface area contributed by atoms with Crippen LogP contribution in [0.2, 0.25) is 0 Å². The molecule has 0 aromatic carbocycles. The van der Waals surface area contributed by atoms with Crippen molar-refractivity contribution in [1.82, 2.24) is 0 Å². The summed E-state index contributed by atoms with van der Waals surface area (Å²) in [6, 6.07) is 0. The van der Waals surface area contributed by atoms with E-state index in [1.54, 1.807) is 21.0 Å². The Bertz CT molecular complexity index is 654. The number of rotatable bonds is 28. The summed E-state index contributed by atoms with van der Waals surface area (Å²) in [7, 11) is -0.757. The van der Waals surface area contributed by atoms with Crippen molar-refractivity contribution in [3.05, 3.63) is 0 Å². The van der Waals surface area contributed by atoms with E-state index in [1.165, 1.54) is 89.9 Å². The molecule has 0 saturated heterocycles. The number of nitrogens with zero attached hydrogens (tertiary/aromatic N) is 1. The van der Waals surface area contributed by atoms with Gasteiger partial charge in [0.2, 0.25) is 0 Å². The van der Waals surface area contributed by atoms with Crippen LogP contribution >= 0.6 is 7.60 Å². The summed E-state index contributed by atoms with van der Waals surface area (Å²) >= 11 is 0. The number of hydrogen-bond donors (Lipinski definition) is 2. The lowest BCUT2D eigenvalue weighted by Crippen LogP contribution is -2.50. The molecule has 0 amide bonds. The molecule has 8 nitrogen and oxygen atoms in total. The minimum absolute atomic E-state index is 0.0684. The van der Waals surface area contributed by atoms with E-state index in [-0.39, 0.29) is 24.1 Å². The van der Waals surface area contributed by atoms with E-state index >= 15 is 0 Å². The summed E-state index contributed by atoms with van der Waals surface area (Å²) in [6.45, 7) is 10.7. The number of unbranched alkanes of at least 4 members (excludes halogenated alkanes) is 15. The summed E-state index contributed by atoms with van der Waals surface area (Å²) in [5, 5.41) is 18.3. The average molecular weight is 610 g/mol. The van der Waals surface area contributed by atoms with Gasteiger partial charge in [0.15, 0.2) is 13.9 Å². The summed E-state index contributed by atoms with van der Waals surface area (Å²) in [4.78, 5) is 12.9.